The third-order valence-corrected chi connectivity index (χ3v) is 5.43. The number of benzene rings is 1. The van der Waals surface area contributed by atoms with E-state index in [1.165, 1.54) is 5.69 Å². The molecule has 1 aromatic carbocycles. The van der Waals surface area contributed by atoms with Gasteiger partial charge in [-0.25, -0.2) is 4.68 Å². The van der Waals surface area contributed by atoms with Crippen molar-refractivity contribution in [3.05, 3.63) is 72.3 Å². The molecule has 1 aliphatic heterocycles. The van der Waals surface area contributed by atoms with Gasteiger partial charge in [-0.1, -0.05) is 24.3 Å². The fourth-order valence-electron chi connectivity index (χ4n) is 3.52. The minimum atomic E-state index is 0.637. The lowest BCUT2D eigenvalue weighted by atomic mass is 10.2. The predicted octanol–water partition coefficient (Wildman–Crippen LogP) is 3.44. The van der Waals surface area contributed by atoms with Crippen molar-refractivity contribution in [3.63, 3.8) is 0 Å². The van der Waals surface area contributed by atoms with E-state index in [1.54, 1.807) is 12.4 Å². The van der Waals surface area contributed by atoms with Crippen molar-refractivity contribution >= 4 is 17.9 Å². The van der Waals surface area contributed by atoms with Crippen LogP contribution in [0.5, 0.6) is 0 Å². The number of allylic oxidation sites excluding steroid dienone is 1. The number of rotatable bonds is 6. The lowest BCUT2D eigenvalue weighted by Gasteiger charge is -2.35. The summed E-state index contributed by atoms with van der Waals surface area (Å²) in [6, 6.07) is 14.5. The van der Waals surface area contributed by atoms with Gasteiger partial charge in [0.05, 0.1) is 6.67 Å². The summed E-state index contributed by atoms with van der Waals surface area (Å²) in [7, 11) is 0. The summed E-state index contributed by atoms with van der Waals surface area (Å²) >= 11 is 5.71. The van der Waals surface area contributed by atoms with Crippen LogP contribution in [0.2, 0.25) is 0 Å². The molecule has 0 N–H and O–H groups in total. The minimum absolute atomic E-state index is 0.637. The molecule has 0 unspecified atom stereocenters. The normalized spacial score (nSPS) is 14.9. The molecular formula is C21H24N6S. The maximum absolute atomic E-state index is 5.71. The molecule has 0 atom stereocenters. The van der Waals surface area contributed by atoms with Crippen molar-refractivity contribution in [2.45, 2.75) is 13.2 Å². The molecule has 0 spiro atoms. The third-order valence-electron chi connectivity index (χ3n) is 5.00. The van der Waals surface area contributed by atoms with E-state index in [2.05, 4.69) is 51.7 Å². The monoisotopic (exact) mass is 392 g/mol. The first-order valence-electron chi connectivity index (χ1n) is 9.47. The van der Waals surface area contributed by atoms with E-state index in [4.69, 9.17) is 17.3 Å². The van der Waals surface area contributed by atoms with Crippen molar-refractivity contribution in [2.75, 3.05) is 31.1 Å². The van der Waals surface area contributed by atoms with Gasteiger partial charge < -0.3 is 4.90 Å². The Morgan fingerprint density at radius 1 is 1.00 bits per heavy atom. The largest absolute Gasteiger partial charge is 0.369 e. The number of nitrogens with zero attached hydrogens (tertiary/aromatic N) is 6. The zero-order valence-electron chi connectivity index (χ0n) is 15.8. The van der Waals surface area contributed by atoms with Crippen LogP contribution in [0.3, 0.4) is 0 Å². The van der Waals surface area contributed by atoms with E-state index in [-0.39, 0.29) is 0 Å². The van der Waals surface area contributed by atoms with E-state index in [0.717, 1.165) is 42.3 Å². The summed E-state index contributed by atoms with van der Waals surface area (Å²) < 4.78 is 4.67. The van der Waals surface area contributed by atoms with Crippen LogP contribution < -0.4 is 4.90 Å². The quantitative estimate of drug-likeness (QED) is 0.475. The van der Waals surface area contributed by atoms with Crippen LogP contribution in [-0.2, 0) is 13.2 Å². The number of piperazine rings is 1. The second-order valence-electron chi connectivity index (χ2n) is 6.82. The molecule has 0 radical (unpaired) electrons. The SMILES string of the molecule is C=CCn1c(-c2ccncc2)nn(CN2CCN(c3ccccc3)CC2)c1=S. The van der Waals surface area contributed by atoms with Gasteiger partial charge in [-0.2, -0.15) is 5.10 Å². The average Bonchev–Trinajstić information content (AvgIpc) is 3.06. The van der Waals surface area contributed by atoms with Crippen LogP contribution in [0, 0.1) is 4.77 Å². The van der Waals surface area contributed by atoms with Crippen molar-refractivity contribution < 1.29 is 0 Å². The van der Waals surface area contributed by atoms with Gasteiger partial charge in [0, 0.05) is 56.4 Å². The molecular weight excluding hydrogens is 368 g/mol. The Morgan fingerprint density at radius 3 is 2.39 bits per heavy atom. The Kier molecular flexibility index (Phi) is 5.64. The summed E-state index contributed by atoms with van der Waals surface area (Å²) in [4.78, 5) is 8.92. The number of anilines is 1. The Morgan fingerprint density at radius 2 is 1.71 bits per heavy atom. The molecule has 0 amide bonds. The standard InChI is InChI=1S/C21H24N6S/c1-2-12-26-20(18-8-10-22-11-9-18)23-27(21(26)28)17-24-13-15-25(16-14-24)19-6-4-3-5-7-19/h2-11H,1,12-17H2. The lowest BCUT2D eigenvalue weighted by Crippen LogP contribution is -2.47. The average molecular weight is 393 g/mol. The molecule has 0 bridgehead atoms. The van der Waals surface area contributed by atoms with Crippen LogP contribution >= 0.6 is 12.2 Å². The molecule has 144 valence electrons. The Labute approximate surface area is 170 Å². The molecule has 0 aliphatic carbocycles. The zero-order valence-corrected chi connectivity index (χ0v) is 16.6. The minimum Gasteiger partial charge on any atom is -0.369 e. The highest BCUT2D eigenvalue weighted by Crippen LogP contribution is 2.19. The van der Waals surface area contributed by atoms with Crippen LogP contribution in [0.1, 0.15) is 0 Å². The van der Waals surface area contributed by atoms with Gasteiger partial charge in [-0.3, -0.25) is 14.5 Å². The fraction of sp³-hybridized carbons (Fsp3) is 0.286. The van der Waals surface area contributed by atoms with E-state index < -0.39 is 0 Å². The van der Waals surface area contributed by atoms with E-state index in [9.17, 15) is 0 Å². The molecule has 7 heteroatoms. The van der Waals surface area contributed by atoms with Gasteiger partial charge in [-0.15, -0.1) is 6.58 Å². The highest BCUT2D eigenvalue weighted by atomic mass is 32.1. The lowest BCUT2D eigenvalue weighted by molar-refractivity contribution is 0.194. The topological polar surface area (TPSA) is 42.1 Å². The second-order valence-corrected chi connectivity index (χ2v) is 7.19. The van der Waals surface area contributed by atoms with Gasteiger partial charge in [0.25, 0.3) is 0 Å². The predicted molar refractivity (Wildman–Crippen MR) is 115 cm³/mol. The molecule has 1 fully saturated rings. The number of hydrogen-bond acceptors (Lipinski definition) is 5. The Hall–Kier alpha value is -2.77. The maximum atomic E-state index is 5.71. The van der Waals surface area contributed by atoms with Crippen molar-refractivity contribution in [1.29, 1.82) is 0 Å². The molecule has 6 nitrogen and oxygen atoms in total. The number of aromatic nitrogens is 4. The van der Waals surface area contributed by atoms with Crippen LogP contribution in [0.15, 0.2) is 67.5 Å². The summed E-state index contributed by atoms with van der Waals surface area (Å²) in [5.41, 5.74) is 2.30. The Bertz CT molecular complexity index is 971. The first-order valence-corrected chi connectivity index (χ1v) is 9.88. The van der Waals surface area contributed by atoms with Gasteiger partial charge in [-0.05, 0) is 36.5 Å². The fourth-order valence-corrected chi connectivity index (χ4v) is 3.78. The van der Waals surface area contributed by atoms with Crippen molar-refractivity contribution in [1.82, 2.24) is 24.2 Å². The molecule has 28 heavy (non-hydrogen) atoms. The summed E-state index contributed by atoms with van der Waals surface area (Å²) in [5, 5.41) is 4.81. The van der Waals surface area contributed by atoms with Crippen LogP contribution in [0.4, 0.5) is 5.69 Å². The molecule has 0 saturated carbocycles. The van der Waals surface area contributed by atoms with Gasteiger partial charge in [0.15, 0.2) is 10.6 Å². The first kappa shape index (κ1) is 18.6. The molecule has 2 aromatic heterocycles. The third kappa shape index (κ3) is 3.90. The van der Waals surface area contributed by atoms with Crippen molar-refractivity contribution in [3.8, 4) is 11.4 Å². The van der Waals surface area contributed by atoms with Crippen LogP contribution in [0.25, 0.3) is 11.4 Å². The summed E-state index contributed by atoms with van der Waals surface area (Å²) in [6.45, 7) is 9.16. The summed E-state index contributed by atoms with van der Waals surface area (Å²) in [6.07, 6.45) is 5.40. The number of hydrogen-bond donors (Lipinski definition) is 0. The van der Waals surface area contributed by atoms with Gasteiger partial charge in [0.1, 0.15) is 0 Å². The molecule has 4 rings (SSSR count). The van der Waals surface area contributed by atoms with Gasteiger partial charge in [0.2, 0.25) is 0 Å². The highest BCUT2D eigenvalue weighted by Gasteiger charge is 2.19. The molecule has 3 aromatic rings. The molecule has 3 heterocycles. The van der Waals surface area contributed by atoms with E-state index in [0.29, 0.717) is 13.2 Å². The molecule has 1 saturated heterocycles. The number of pyridine rings is 1. The highest BCUT2D eigenvalue weighted by molar-refractivity contribution is 7.71. The van der Waals surface area contributed by atoms with E-state index >= 15 is 0 Å². The second kappa shape index (κ2) is 8.50. The summed E-state index contributed by atoms with van der Waals surface area (Å²) in [5.74, 6) is 0.857. The smallest absolute Gasteiger partial charge is 0.199 e. The maximum Gasteiger partial charge on any atom is 0.199 e. The van der Waals surface area contributed by atoms with Crippen LogP contribution in [-0.4, -0.2) is 50.4 Å². The van der Waals surface area contributed by atoms with Crippen molar-refractivity contribution in [2.24, 2.45) is 0 Å². The van der Waals surface area contributed by atoms with E-state index in [1.807, 2.05) is 27.5 Å². The zero-order chi connectivity index (χ0) is 19.3. The first-order chi connectivity index (χ1) is 13.8. The Balaban J connectivity index is 1.50. The molecule has 1 aliphatic rings. The number of para-hydroxylation sites is 1. The van der Waals surface area contributed by atoms with Gasteiger partial charge >= 0.3 is 0 Å².